The summed E-state index contributed by atoms with van der Waals surface area (Å²) in [5.41, 5.74) is 0. The van der Waals surface area contributed by atoms with Gasteiger partial charge in [-0.3, -0.25) is 0 Å². The highest BCUT2D eigenvalue weighted by molar-refractivity contribution is 8.23. The van der Waals surface area contributed by atoms with E-state index in [0.717, 1.165) is 19.1 Å². The molecule has 1 aliphatic heterocycles. The van der Waals surface area contributed by atoms with Gasteiger partial charge in [0.2, 0.25) is 0 Å². The van der Waals surface area contributed by atoms with E-state index in [2.05, 4.69) is 17.7 Å². The molecule has 0 saturated carbocycles. The number of carbonyl (C=O) groups is 1. The van der Waals surface area contributed by atoms with E-state index in [-0.39, 0.29) is 16.1 Å². The van der Waals surface area contributed by atoms with Gasteiger partial charge in [-0.25, -0.2) is 10.9 Å². The molecule has 0 saturated heterocycles. The van der Waals surface area contributed by atoms with Gasteiger partial charge in [0.05, 0.1) is 0 Å². The molecule has 0 fully saturated rings. The van der Waals surface area contributed by atoms with Crippen LogP contribution in [0.2, 0.25) is 0 Å². The summed E-state index contributed by atoms with van der Waals surface area (Å²) in [4.78, 5) is 10.6. The molecule has 0 amide bonds. The highest BCUT2D eigenvalue weighted by atomic mass is 32.2. The molecule has 62 valence electrons. The number of hydrogen-bond acceptors (Lipinski definition) is 1. The molecule has 0 aromatic carbocycles. The van der Waals surface area contributed by atoms with Crippen molar-refractivity contribution in [2.24, 2.45) is 0 Å². The minimum atomic E-state index is -0.244. The summed E-state index contributed by atoms with van der Waals surface area (Å²) in [5.74, 6) is 0. The number of rotatable bonds is 4. The highest BCUT2D eigenvalue weighted by Gasteiger charge is 2.12. The predicted octanol–water partition coefficient (Wildman–Crippen LogP) is 2.40. The molecule has 1 nitrogen and oxygen atoms in total. The first-order chi connectivity index (χ1) is 5.38. The lowest BCUT2D eigenvalue weighted by molar-refractivity contribution is -0.107. The summed E-state index contributed by atoms with van der Waals surface area (Å²) in [6.45, 7) is 2.12. The molecule has 1 aliphatic rings. The van der Waals surface area contributed by atoms with Crippen molar-refractivity contribution in [3.8, 4) is 0 Å². The molecule has 1 rings (SSSR count). The van der Waals surface area contributed by atoms with Crippen LogP contribution in [0.3, 0.4) is 0 Å². The normalized spacial score (nSPS) is 20.6. The zero-order valence-electron chi connectivity index (χ0n) is 6.73. The Morgan fingerprint density at radius 1 is 1.45 bits per heavy atom. The van der Waals surface area contributed by atoms with E-state index in [1.807, 2.05) is 12.2 Å². The molecule has 0 N–H and O–H groups in total. The first-order valence-electron chi connectivity index (χ1n) is 3.96. The van der Waals surface area contributed by atoms with Crippen LogP contribution in [0.5, 0.6) is 0 Å². The Kier molecular flexibility index (Phi) is 3.43. The third-order valence-electron chi connectivity index (χ3n) is 1.75. The lowest BCUT2D eigenvalue weighted by Crippen LogP contribution is -2.06. The Morgan fingerprint density at radius 3 is 2.55 bits per heavy atom. The van der Waals surface area contributed by atoms with Crippen molar-refractivity contribution in [1.29, 1.82) is 0 Å². The van der Waals surface area contributed by atoms with Gasteiger partial charge in [-0.1, -0.05) is 25.5 Å². The Hall–Kier alpha value is -0.500. The molecule has 0 aliphatic carbocycles. The number of carbonyl (C=O) groups excluding carboxylic acids is 1. The second-order valence-corrected chi connectivity index (χ2v) is 4.78. The van der Waals surface area contributed by atoms with Crippen LogP contribution in [0.1, 0.15) is 19.8 Å². The minimum absolute atomic E-state index is 0.244. The van der Waals surface area contributed by atoms with E-state index < -0.39 is 0 Å². The van der Waals surface area contributed by atoms with E-state index in [4.69, 9.17) is 0 Å². The van der Waals surface area contributed by atoms with Crippen LogP contribution in [-0.2, 0) is 4.79 Å². The SMILES string of the molecule is CCCC(C=O)[SH]1C=CC=C1. The van der Waals surface area contributed by atoms with Crippen LogP contribution in [0, 0.1) is 0 Å². The lowest BCUT2D eigenvalue weighted by atomic mass is 10.3. The third-order valence-corrected chi connectivity index (χ3v) is 3.93. The summed E-state index contributed by atoms with van der Waals surface area (Å²) >= 11 is 0. The molecule has 0 aromatic heterocycles. The van der Waals surface area contributed by atoms with Crippen LogP contribution in [0.25, 0.3) is 0 Å². The maximum Gasteiger partial charge on any atom is 0.131 e. The Bertz CT molecular complexity index is 172. The van der Waals surface area contributed by atoms with E-state index in [0.29, 0.717) is 0 Å². The van der Waals surface area contributed by atoms with Gasteiger partial charge < -0.3 is 4.79 Å². The largest absolute Gasteiger partial charge is 0.302 e. The van der Waals surface area contributed by atoms with Crippen molar-refractivity contribution >= 4 is 17.2 Å². The van der Waals surface area contributed by atoms with Crippen molar-refractivity contribution in [3.63, 3.8) is 0 Å². The zero-order chi connectivity index (χ0) is 8.10. The Balaban J connectivity index is 2.47. The smallest absolute Gasteiger partial charge is 0.131 e. The average molecular weight is 170 g/mol. The van der Waals surface area contributed by atoms with E-state index in [1.54, 1.807) is 0 Å². The number of thiol groups is 1. The van der Waals surface area contributed by atoms with Crippen molar-refractivity contribution in [1.82, 2.24) is 0 Å². The molecule has 0 spiro atoms. The molecule has 11 heavy (non-hydrogen) atoms. The van der Waals surface area contributed by atoms with Crippen LogP contribution >= 0.6 is 10.9 Å². The van der Waals surface area contributed by atoms with Gasteiger partial charge in [-0.2, -0.15) is 0 Å². The molecule has 1 heterocycles. The van der Waals surface area contributed by atoms with Crippen molar-refractivity contribution in [2.75, 3.05) is 0 Å². The second-order valence-electron chi connectivity index (χ2n) is 2.62. The highest BCUT2D eigenvalue weighted by Crippen LogP contribution is 2.39. The molecule has 0 aromatic rings. The first-order valence-corrected chi connectivity index (χ1v) is 5.51. The average Bonchev–Trinajstić information content (AvgIpc) is 2.52. The van der Waals surface area contributed by atoms with Crippen LogP contribution in [-0.4, -0.2) is 11.5 Å². The molecule has 1 unspecified atom stereocenters. The summed E-state index contributed by atoms with van der Waals surface area (Å²) in [5, 5.41) is 4.58. The number of aldehydes is 1. The van der Waals surface area contributed by atoms with Crippen LogP contribution < -0.4 is 0 Å². The lowest BCUT2D eigenvalue weighted by Gasteiger charge is -2.16. The first kappa shape index (κ1) is 8.60. The third kappa shape index (κ3) is 2.22. The molecular weight excluding hydrogens is 156 g/mol. The summed E-state index contributed by atoms with van der Waals surface area (Å²) in [6, 6.07) is 0. The number of allylic oxidation sites excluding steroid dienone is 2. The van der Waals surface area contributed by atoms with Crippen molar-refractivity contribution in [3.05, 3.63) is 23.0 Å². The molecule has 1 atom stereocenters. The van der Waals surface area contributed by atoms with Crippen LogP contribution in [0.4, 0.5) is 0 Å². The molecule has 2 heteroatoms. The fraction of sp³-hybridized carbons (Fsp3) is 0.444. The topological polar surface area (TPSA) is 17.1 Å². The quantitative estimate of drug-likeness (QED) is 0.506. The maximum absolute atomic E-state index is 10.6. The fourth-order valence-electron chi connectivity index (χ4n) is 1.15. The van der Waals surface area contributed by atoms with Gasteiger partial charge in [0.15, 0.2) is 0 Å². The van der Waals surface area contributed by atoms with Crippen LogP contribution in [0.15, 0.2) is 23.0 Å². The van der Waals surface area contributed by atoms with Crippen molar-refractivity contribution < 1.29 is 4.79 Å². The Labute approximate surface area is 70.5 Å². The van der Waals surface area contributed by atoms with E-state index in [9.17, 15) is 4.79 Å². The van der Waals surface area contributed by atoms with Gasteiger partial charge in [0.1, 0.15) is 6.29 Å². The maximum atomic E-state index is 10.6. The molecule has 0 radical (unpaired) electrons. The van der Waals surface area contributed by atoms with Gasteiger partial charge in [0, 0.05) is 5.25 Å². The predicted molar refractivity (Wildman–Crippen MR) is 52.0 cm³/mol. The monoisotopic (exact) mass is 170 g/mol. The summed E-state index contributed by atoms with van der Waals surface area (Å²) in [7, 11) is -0.244. The summed E-state index contributed by atoms with van der Waals surface area (Å²) < 4.78 is 0. The fourth-order valence-corrected chi connectivity index (χ4v) is 2.99. The standard InChI is InChI=1S/C9H14OS/c1-2-5-9(8-10)11-6-3-4-7-11/h3-4,6-9,11H,2,5H2,1H3. The zero-order valence-corrected chi connectivity index (χ0v) is 7.63. The summed E-state index contributed by atoms with van der Waals surface area (Å²) in [6.07, 6.45) is 7.32. The Morgan fingerprint density at radius 2 is 2.09 bits per heavy atom. The van der Waals surface area contributed by atoms with E-state index >= 15 is 0 Å². The minimum Gasteiger partial charge on any atom is -0.302 e. The molecular formula is C9H14OS. The second kappa shape index (κ2) is 4.39. The number of hydrogen-bond donors (Lipinski definition) is 1. The van der Waals surface area contributed by atoms with Gasteiger partial charge in [-0.15, -0.1) is 0 Å². The van der Waals surface area contributed by atoms with Crippen molar-refractivity contribution in [2.45, 2.75) is 25.0 Å². The van der Waals surface area contributed by atoms with Gasteiger partial charge in [-0.05, 0) is 17.2 Å². The molecule has 0 bridgehead atoms. The van der Waals surface area contributed by atoms with Gasteiger partial charge in [0.25, 0.3) is 0 Å². The van der Waals surface area contributed by atoms with Gasteiger partial charge >= 0.3 is 0 Å². The van der Waals surface area contributed by atoms with E-state index in [1.165, 1.54) is 0 Å².